The minimum atomic E-state index is -0.860. The first-order valence-corrected chi connectivity index (χ1v) is 6.17. The van der Waals surface area contributed by atoms with Gasteiger partial charge in [-0.25, -0.2) is 0 Å². The molecule has 0 atom stereocenters. The number of hydrogen-bond donors (Lipinski definition) is 2. The van der Waals surface area contributed by atoms with E-state index in [2.05, 4.69) is 5.32 Å². The molecule has 106 valence electrons. The third-order valence-electron chi connectivity index (χ3n) is 3.49. The van der Waals surface area contributed by atoms with Gasteiger partial charge >= 0.3 is 5.97 Å². The zero-order valence-electron chi connectivity index (χ0n) is 10.8. The van der Waals surface area contributed by atoms with Crippen molar-refractivity contribution in [2.45, 2.75) is 25.8 Å². The zero-order valence-corrected chi connectivity index (χ0v) is 10.8. The number of aliphatic carboxylic acids is 1. The maximum absolute atomic E-state index is 11.9. The average molecular weight is 278 g/mol. The van der Waals surface area contributed by atoms with E-state index in [-0.39, 0.29) is 17.3 Å². The molecule has 0 heterocycles. The molecule has 1 fully saturated rings. The van der Waals surface area contributed by atoms with Gasteiger partial charge in [0.25, 0.3) is 11.6 Å². The van der Waals surface area contributed by atoms with E-state index in [0.717, 1.165) is 0 Å². The Bertz CT molecular complexity index is 578. The Balaban J connectivity index is 2.02. The van der Waals surface area contributed by atoms with E-state index >= 15 is 0 Å². The summed E-state index contributed by atoms with van der Waals surface area (Å²) in [5.41, 5.74) is 0.594. The van der Waals surface area contributed by atoms with Crippen molar-refractivity contribution in [3.05, 3.63) is 39.4 Å². The van der Waals surface area contributed by atoms with Crippen LogP contribution >= 0.6 is 0 Å². The Kier molecular flexibility index (Phi) is 3.69. The number of nitrogens with zero attached hydrogens (tertiary/aromatic N) is 1. The molecule has 0 aromatic heterocycles. The fraction of sp³-hybridized carbons (Fsp3) is 0.385. The van der Waals surface area contributed by atoms with Gasteiger partial charge in [0.15, 0.2) is 0 Å². The average Bonchev–Trinajstić information content (AvgIpc) is 2.32. The molecule has 1 aliphatic carbocycles. The van der Waals surface area contributed by atoms with Gasteiger partial charge < -0.3 is 10.4 Å². The smallest absolute Gasteiger partial charge is 0.306 e. The van der Waals surface area contributed by atoms with E-state index in [4.69, 9.17) is 5.11 Å². The van der Waals surface area contributed by atoms with Gasteiger partial charge in [0.2, 0.25) is 0 Å². The van der Waals surface area contributed by atoms with Crippen LogP contribution in [0.5, 0.6) is 0 Å². The summed E-state index contributed by atoms with van der Waals surface area (Å²) in [5, 5.41) is 22.2. The van der Waals surface area contributed by atoms with Gasteiger partial charge in [-0.2, -0.15) is 0 Å². The number of benzene rings is 1. The molecule has 0 radical (unpaired) electrons. The summed E-state index contributed by atoms with van der Waals surface area (Å²) in [7, 11) is 0. The van der Waals surface area contributed by atoms with E-state index in [0.29, 0.717) is 18.4 Å². The predicted octanol–water partition coefficient (Wildman–Crippen LogP) is 1.50. The number of carboxylic acids is 1. The second kappa shape index (κ2) is 5.28. The molecule has 1 saturated carbocycles. The molecule has 1 amide bonds. The lowest BCUT2D eigenvalue weighted by Gasteiger charge is -2.32. The Morgan fingerprint density at radius 3 is 2.60 bits per heavy atom. The number of carboxylic acid groups (broad SMARTS) is 1. The Labute approximate surface area is 114 Å². The lowest BCUT2D eigenvalue weighted by molar-refractivity contribution is -0.385. The van der Waals surface area contributed by atoms with Crippen LogP contribution in [0, 0.1) is 23.0 Å². The first-order chi connectivity index (χ1) is 9.38. The van der Waals surface area contributed by atoms with E-state index in [9.17, 15) is 19.7 Å². The minimum absolute atomic E-state index is 0.102. The lowest BCUT2D eigenvalue weighted by Crippen LogP contribution is -2.46. The van der Waals surface area contributed by atoms with Gasteiger partial charge in [0, 0.05) is 23.2 Å². The first-order valence-electron chi connectivity index (χ1n) is 6.17. The summed E-state index contributed by atoms with van der Waals surface area (Å²) in [4.78, 5) is 32.9. The van der Waals surface area contributed by atoms with Crippen LogP contribution in [0.15, 0.2) is 18.2 Å². The number of nitro benzene ring substituents is 1. The normalized spacial score (nSPS) is 20.9. The Morgan fingerprint density at radius 2 is 2.05 bits per heavy atom. The second-order valence-electron chi connectivity index (χ2n) is 4.94. The lowest BCUT2D eigenvalue weighted by atomic mass is 9.80. The molecule has 0 saturated heterocycles. The second-order valence-corrected chi connectivity index (χ2v) is 4.94. The highest BCUT2D eigenvalue weighted by atomic mass is 16.6. The van der Waals surface area contributed by atoms with Crippen LogP contribution in [0.1, 0.15) is 28.8 Å². The molecular weight excluding hydrogens is 264 g/mol. The third kappa shape index (κ3) is 2.76. The summed E-state index contributed by atoms with van der Waals surface area (Å²) in [6.45, 7) is 1.60. The third-order valence-corrected chi connectivity index (χ3v) is 3.49. The Morgan fingerprint density at radius 1 is 1.40 bits per heavy atom. The van der Waals surface area contributed by atoms with Crippen molar-refractivity contribution in [3.8, 4) is 0 Å². The van der Waals surface area contributed by atoms with Crippen molar-refractivity contribution >= 4 is 17.6 Å². The van der Waals surface area contributed by atoms with Crippen LogP contribution in [-0.4, -0.2) is 27.9 Å². The number of rotatable bonds is 4. The molecule has 2 N–H and O–H groups in total. The van der Waals surface area contributed by atoms with Gasteiger partial charge in [0.1, 0.15) is 0 Å². The van der Waals surface area contributed by atoms with E-state index in [1.54, 1.807) is 6.92 Å². The molecule has 0 bridgehead atoms. The highest BCUT2D eigenvalue weighted by Crippen LogP contribution is 2.28. The van der Waals surface area contributed by atoms with Gasteiger partial charge in [-0.1, -0.05) is 6.07 Å². The number of hydrogen-bond acceptors (Lipinski definition) is 4. The summed E-state index contributed by atoms with van der Waals surface area (Å²) in [6.07, 6.45) is 0.796. The molecule has 0 spiro atoms. The number of aryl methyl sites for hydroxylation is 1. The summed E-state index contributed by atoms with van der Waals surface area (Å²) in [5.74, 6) is -1.68. The van der Waals surface area contributed by atoms with Gasteiger partial charge in [-0.3, -0.25) is 19.7 Å². The van der Waals surface area contributed by atoms with Crippen LogP contribution in [-0.2, 0) is 4.79 Å². The topological polar surface area (TPSA) is 110 Å². The number of carbonyl (C=O) groups excluding carboxylic acids is 1. The number of nitrogens with one attached hydrogen (secondary N) is 1. The standard InChI is InChI=1S/C13H14N2O5/c1-7-2-3-8(6-11(7)15(19)20)12(16)14-10-4-9(5-10)13(17)18/h2-3,6,9-10H,4-5H2,1H3,(H,14,16)(H,17,18). The molecule has 1 aliphatic rings. The molecule has 7 nitrogen and oxygen atoms in total. The van der Waals surface area contributed by atoms with Gasteiger partial charge in [-0.15, -0.1) is 0 Å². The fourth-order valence-electron chi connectivity index (χ4n) is 2.15. The van der Waals surface area contributed by atoms with E-state index < -0.39 is 22.7 Å². The Hall–Kier alpha value is -2.44. The van der Waals surface area contributed by atoms with Crippen molar-refractivity contribution in [2.75, 3.05) is 0 Å². The SMILES string of the molecule is Cc1ccc(C(=O)NC2CC(C(=O)O)C2)cc1[N+](=O)[O-]. The summed E-state index contributed by atoms with van der Waals surface area (Å²) < 4.78 is 0. The molecule has 20 heavy (non-hydrogen) atoms. The summed E-state index contributed by atoms with van der Waals surface area (Å²) in [6, 6.07) is 4.10. The van der Waals surface area contributed by atoms with Crippen LogP contribution in [0.3, 0.4) is 0 Å². The van der Waals surface area contributed by atoms with Crippen LogP contribution < -0.4 is 5.32 Å². The number of amides is 1. The maximum Gasteiger partial charge on any atom is 0.306 e. The first kappa shape index (κ1) is 14.0. The monoisotopic (exact) mass is 278 g/mol. The molecule has 7 heteroatoms. The van der Waals surface area contributed by atoms with E-state index in [1.807, 2.05) is 0 Å². The fourth-order valence-corrected chi connectivity index (χ4v) is 2.15. The number of nitro groups is 1. The molecule has 1 aromatic carbocycles. The highest BCUT2D eigenvalue weighted by molar-refractivity contribution is 5.95. The van der Waals surface area contributed by atoms with Gasteiger partial charge in [0.05, 0.1) is 10.8 Å². The quantitative estimate of drug-likeness (QED) is 0.640. The number of carbonyl (C=O) groups is 2. The van der Waals surface area contributed by atoms with E-state index in [1.165, 1.54) is 18.2 Å². The van der Waals surface area contributed by atoms with Crippen LogP contribution in [0.25, 0.3) is 0 Å². The van der Waals surface area contributed by atoms with Crippen LogP contribution in [0.2, 0.25) is 0 Å². The van der Waals surface area contributed by atoms with Crippen molar-refractivity contribution in [1.82, 2.24) is 5.32 Å². The molecule has 0 aliphatic heterocycles. The highest BCUT2D eigenvalue weighted by Gasteiger charge is 2.35. The van der Waals surface area contributed by atoms with Crippen molar-refractivity contribution in [2.24, 2.45) is 5.92 Å². The maximum atomic E-state index is 11.9. The molecule has 0 unspecified atom stereocenters. The predicted molar refractivity (Wildman–Crippen MR) is 69.4 cm³/mol. The van der Waals surface area contributed by atoms with Gasteiger partial charge in [-0.05, 0) is 25.8 Å². The minimum Gasteiger partial charge on any atom is -0.481 e. The molecular formula is C13H14N2O5. The zero-order chi connectivity index (χ0) is 14.9. The van der Waals surface area contributed by atoms with Crippen LogP contribution in [0.4, 0.5) is 5.69 Å². The molecule has 1 aromatic rings. The molecule has 2 rings (SSSR count). The largest absolute Gasteiger partial charge is 0.481 e. The summed E-state index contributed by atoms with van der Waals surface area (Å²) >= 11 is 0. The van der Waals surface area contributed by atoms with Crippen molar-refractivity contribution < 1.29 is 19.6 Å². The van der Waals surface area contributed by atoms with Crippen molar-refractivity contribution in [3.63, 3.8) is 0 Å². The van der Waals surface area contributed by atoms with Crippen molar-refractivity contribution in [1.29, 1.82) is 0 Å².